The zero-order chi connectivity index (χ0) is 38.3. The number of H-pyrrole nitrogens is 1. The lowest BCUT2D eigenvalue weighted by Gasteiger charge is -2.47. The van der Waals surface area contributed by atoms with Gasteiger partial charge < -0.3 is 40.4 Å². The maximum absolute atomic E-state index is 14.7. The summed E-state index contributed by atoms with van der Waals surface area (Å²) in [6.07, 6.45) is 0.390. The van der Waals surface area contributed by atoms with Gasteiger partial charge in [0, 0.05) is 49.6 Å². The van der Waals surface area contributed by atoms with Gasteiger partial charge in [0.25, 0.3) is 5.91 Å². The Hall–Kier alpha value is -4.26. The molecule has 6 N–H and O–H groups in total. The van der Waals surface area contributed by atoms with Crippen LogP contribution in [-0.2, 0) is 27.3 Å². The first kappa shape index (κ1) is 39.9. The highest BCUT2D eigenvalue weighted by molar-refractivity contribution is 7.16. The van der Waals surface area contributed by atoms with Crippen LogP contribution in [0.25, 0.3) is 10.2 Å². The Kier molecular flexibility index (Phi) is 13.3. The molecule has 0 aliphatic carbocycles. The number of nitrogens with zero attached hydrogens (tertiary/aromatic N) is 3. The number of carboxylic acids is 2. The van der Waals surface area contributed by atoms with E-state index in [-0.39, 0.29) is 34.5 Å². The second kappa shape index (κ2) is 17.7. The zero-order valence-electron chi connectivity index (χ0n) is 29.5. The number of aliphatic carboxylic acids is 2. The molecule has 2 aliphatic heterocycles. The molecule has 6 rings (SSSR count). The van der Waals surface area contributed by atoms with Crippen molar-refractivity contribution in [2.75, 3.05) is 45.9 Å². The standard InChI is InChI=1S/C33H40FN5O5S2.C3H4O4/c1-20(2)30-36-25(18-45-30)31(42)39-13-14-44-33(19-39)8-11-38(12-9-33)17-21-3-5-24(34)22(15-21)7-10-35-16-27(41)23-4-6-26(40)28-29(23)46-32(43)37-28;4-2(5)1-3(6)7/h3-6,15,18,20,27,35,40-41H,7-14,16-17,19H2,1-2H3,(H,37,43);1H2,(H,4,5)(H,6,7)/t27-;/m0./s1. The van der Waals surface area contributed by atoms with E-state index in [1.807, 2.05) is 22.4 Å². The van der Waals surface area contributed by atoms with Crippen molar-refractivity contribution >= 4 is 50.7 Å². The number of likely N-dealkylation sites (tertiary alicyclic amines) is 1. The second-order valence-electron chi connectivity index (χ2n) is 13.5. The van der Waals surface area contributed by atoms with Gasteiger partial charge in [0.15, 0.2) is 0 Å². The Bertz CT molecular complexity index is 1960. The van der Waals surface area contributed by atoms with E-state index in [1.54, 1.807) is 6.07 Å². The molecule has 0 unspecified atom stereocenters. The molecule has 2 saturated heterocycles. The number of amides is 1. The molecular weight excluding hydrogens is 730 g/mol. The maximum Gasteiger partial charge on any atom is 0.314 e. The quantitative estimate of drug-likeness (QED) is 0.0895. The molecule has 2 aromatic carbocycles. The van der Waals surface area contributed by atoms with E-state index >= 15 is 0 Å². The predicted octanol–water partition coefficient (Wildman–Crippen LogP) is 3.93. The van der Waals surface area contributed by atoms with Gasteiger partial charge in [0.1, 0.15) is 29.2 Å². The number of rotatable bonds is 12. The van der Waals surface area contributed by atoms with Crippen molar-refractivity contribution in [1.29, 1.82) is 0 Å². The van der Waals surface area contributed by atoms with Crippen LogP contribution in [0.4, 0.5) is 4.39 Å². The minimum absolute atomic E-state index is 0.0206. The monoisotopic (exact) mass is 773 g/mol. The number of hydrogen-bond donors (Lipinski definition) is 6. The van der Waals surface area contributed by atoms with Crippen LogP contribution in [0.15, 0.2) is 40.5 Å². The Labute approximate surface area is 312 Å². The highest BCUT2D eigenvalue weighted by Crippen LogP contribution is 2.33. The summed E-state index contributed by atoms with van der Waals surface area (Å²) in [4.78, 5) is 55.0. The lowest BCUT2D eigenvalue weighted by atomic mass is 9.89. The van der Waals surface area contributed by atoms with Crippen LogP contribution in [0.5, 0.6) is 5.75 Å². The summed E-state index contributed by atoms with van der Waals surface area (Å²) < 4.78 is 21.5. The molecule has 14 nitrogen and oxygen atoms in total. The molecule has 1 atom stereocenters. The van der Waals surface area contributed by atoms with Gasteiger partial charge in [0.05, 0.1) is 34.6 Å². The first-order valence-electron chi connectivity index (χ1n) is 17.3. The van der Waals surface area contributed by atoms with Gasteiger partial charge in [-0.25, -0.2) is 9.37 Å². The number of piperidine rings is 1. The van der Waals surface area contributed by atoms with Gasteiger partial charge in [-0.15, -0.1) is 11.3 Å². The number of phenolic OH excluding ortho intramolecular Hbond substituents is 1. The van der Waals surface area contributed by atoms with Crippen molar-refractivity contribution in [3.63, 3.8) is 0 Å². The number of morpholine rings is 1. The fourth-order valence-corrected chi connectivity index (χ4v) is 8.16. The first-order valence-corrected chi connectivity index (χ1v) is 19.0. The number of fused-ring (bicyclic) bond motifs is 1. The number of carboxylic acid groups (broad SMARTS) is 2. The Morgan fingerprint density at radius 3 is 2.51 bits per heavy atom. The summed E-state index contributed by atoms with van der Waals surface area (Å²) in [7, 11) is 0. The average molecular weight is 774 g/mol. The topological polar surface area (TPSA) is 206 Å². The number of benzene rings is 2. The number of aromatic hydroxyl groups is 1. The van der Waals surface area contributed by atoms with Crippen molar-refractivity contribution in [3.05, 3.63) is 78.6 Å². The van der Waals surface area contributed by atoms with E-state index in [0.29, 0.717) is 72.2 Å². The summed E-state index contributed by atoms with van der Waals surface area (Å²) in [5, 5.41) is 42.2. The highest BCUT2D eigenvalue weighted by atomic mass is 32.1. The molecule has 1 spiro atoms. The number of carbonyl (C=O) groups excluding carboxylic acids is 1. The van der Waals surface area contributed by atoms with Gasteiger partial charge in [-0.3, -0.25) is 24.1 Å². The summed E-state index contributed by atoms with van der Waals surface area (Å²) in [6, 6.07) is 8.32. The number of hydrogen-bond acceptors (Lipinski definition) is 12. The van der Waals surface area contributed by atoms with E-state index in [0.717, 1.165) is 47.8 Å². The lowest BCUT2D eigenvalue weighted by Crippen LogP contribution is -2.58. The number of aliphatic hydroxyl groups is 1. The molecule has 53 heavy (non-hydrogen) atoms. The van der Waals surface area contributed by atoms with E-state index in [4.69, 9.17) is 14.9 Å². The molecule has 4 heterocycles. The molecule has 2 aliphatic rings. The summed E-state index contributed by atoms with van der Waals surface area (Å²) >= 11 is 2.48. The molecule has 2 aromatic heterocycles. The van der Waals surface area contributed by atoms with Gasteiger partial charge in [0.2, 0.25) is 0 Å². The van der Waals surface area contributed by atoms with Crippen molar-refractivity contribution in [1.82, 2.24) is 25.1 Å². The third-order valence-corrected chi connectivity index (χ3v) is 11.3. The summed E-state index contributed by atoms with van der Waals surface area (Å²) in [6.45, 7) is 8.84. The van der Waals surface area contributed by atoms with E-state index in [1.165, 1.54) is 23.5 Å². The smallest absolute Gasteiger partial charge is 0.314 e. The van der Waals surface area contributed by atoms with Gasteiger partial charge in [-0.2, -0.15) is 0 Å². The van der Waals surface area contributed by atoms with Gasteiger partial charge >= 0.3 is 16.8 Å². The second-order valence-corrected chi connectivity index (χ2v) is 15.4. The molecule has 17 heteroatoms. The Balaban J connectivity index is 0.000000705. The lowest BCUT2D eigenvalue weighted by molar-refractivity contribution is -0.147. The largest absolute Gasteiger partial charge is 0.506 e. The van der Waals surface area contributed by atoms with E-state index in [2.05, 4.69) is 34.0 Å². The van der Waals surface area contributed by atoms with Crippen molar-refractivity contribution < 1.29 is 43.9 Å². The van der Waals surface area contributed by atoms with Crippen molar-refractivity contribution in [3.8, 4) is 5.75 Å². The number of thiazole rings is 2. The highest BCUT2D eigenvalue weighted by Gasteiger charge is 2.41. The fourth-order valence-electron chi connectivity index (χ4n) is 6.43. The van der Waals surface area contributed by atoms with Crippen LogP contribution in [0.2, 0.25) is 0 Å². The van der Waals surface area contributed by atoms with Gasteiger partial charge in [-0.1, -0.05) is 43.4 Å². The van der Waals surface area contributed by atoms with Crippen LogP contribution in [0.3, 0.4) is 0 Å². The number of halogens is 1. The predicted molar refractivity (Wildman–Crippen MR) is 197 cm³/mol. The Morgan fingerprint density at radius 2 is 1.85 bits per heavy atom. The van der Waals surface area contributed by atoms with Crippen molar-refractivity contribution in [2.45, 2.75) is 63.7 Å². The van der Waals surface area contributed by atoms with Crippen LogP contribution in [0, 0.1) is 5.82 Å². The minimum atomic E-state index is -1.31. The van der Waals surface area contributed by atoms with E-state index < -0.39 is 24.5 Å². The molecule has 0 radical (unpaired) electrons. The third kappa shape index (κ3) is 10.5. The number of aromatic nitrogens is 2. The number of aromatic amines is 1. The number of ether oxygens (including phenoxy) is 1. The molecule has 0 bridgehead atoms. The van der Waals surface area contributed by atoms with Gasteiger partial charge in [-0.05, 0) is 49.1 Å². The number of nitrogens with one attached hydrogen (secondary N) is 2. The number of carbonyl (C=O) groups is 3. The maximum atomic E-state index is 14.7. The molecule has 286 valence electrons. The molecule has 0 saturated carbocycles. The summed E-state index contributed by atoms with van der Waals surface area (Å²) in [5.74, 6) is -2.65. The van der Waals surface area contributed by atoms with Crippen LogP contribution < -0.4 is 10.2 Å². The van der Waals surface area contributed by atoms with Crippen LogP contribution in [0.1, 0.15) is 77.3 Å². The van der Waals surface area contributed by atoms with Crippen LogP contribution >= 0.6 is 22.7 Å². The third-order valence-electron chi connectivity index (χ3n) is 9.21. The summed E-state index contributed by atoms with van der Waals surface area (Å²) in [5.41, 5.74) is 2.69. The van der Waals surface area contributed by atoms with E-state index in [9.17, 15) is 33.8 Å². The molecule has 1 amide bonds. The Morgan fingerprint density at radius 1 is 1.11 bits per heavy atom. The number of aliphatic hydroxyl groups excluding tert-OH is 1. The molecule has 4 aromatic rings. The number of phenols is 1. The zero-order valence-corrected chi connectivity index (χ0v) is 31.1. The SMILES string of the molecule is CC(C)c1nc(C(=O)N2CCOC3(CCN(Cc4ccc(F)c(CCNC[C@H](O)c5ccc(O)c6[nH]c(=O)sc56)c4)CC3)C2)cs1.O=C(O)CC(=O)O. The molecule has 2 fully saturated rings. The molecular formula is C36H44FN5O9S2. The fraction of sp³-hybridized carbons (Fsp3) is 0.472. The normalized spacial score (nSPS) is 16.4. The van der Waals surface area contributed by atoms with Crippen LogP contribution in [-0.4, -0.2) is 110 Å². The van der Waals surface area contributed by atoms with Crippen molar-refractivity contribution in [2.24, 2.45) is 0 Å². The minimum Gasteiger partial charge on any atom is -0.506 e. The average Bonchev–Trinajstić information content (AvgIpc) is 3.77. The first-order chi connectivity index (χ1) is 25.2.